The molecule has 1 nitrogen and oxygen atoms in total. The summed E-state index contributed by atoms with van der Waals surface area (Å²) in [5.41, 5.74) is 5.35. The largest absolute Gasteiger partial charge is 0.392 e. The summed E-state index contributed by atoms with van der Waals surface area (Å²) in [6, 6.07) is 40.2. The molecule has 4 aromatic carbocycles. The second kappa shape index (κ2) is 7.61. The van der Waals surface area contributed by atoms with E-state index in [0.717, 1.165) is 5.56 Å². The third-order valence-electron chi connectivity index (χ3n) is 5.19. The van der Waals surface area contributed by atoms with Crippen LogP contribution in [0.5, 0.6) is 0 Å². The van der Waals surface area contributed by atoms with E-state index in [-0.39, 0.29) is 6.61 Å². The Hall–Kier alpha value is -3.16. The van der Waals surface area contributed by atoms with Crippen LogP contribution in [-0.4, -0.2) is 5.11 Å². The SMILES string of the molecule is OCc1ccc(C(c2ccccc2)(c2ccccc2)c2ccccc2)cc1. The molecule has 0 unspecified atom stereocenters. The maximum absolute atomic E-state index is 9.48. The van der Waals surface area contributed by atoms with Crippen molar-refractivity contribution in [1.29, 1.82) is 0 Å². The fourth-order valence-corrected chi connectivity index (χ4v) is 3.92. The van der Waals surface area contributed by atoms with Crippen LogP contribution in [0.25, 0.3) is 0 Å². The molecule has 4 aromatic rings. The first-order chi connectivity index (χ1) is 13.4. The Labute approximate surface area is 160 Å². The molecule has 0 radical (unpaired) electrons. The van der Waals surface area contributed by atoms with Crippen molar-refractivity contribution in [3.63, 3.8) is 0 Å². The molecule has 4 rings (SSSR count). The van der Waals surface area contributed by atoms with Crippen LogP contribution in [0, 0.1) is 0 Å². The maximum Gasteiger partial charge on any atom is 0.0701 e. The van der Waals surface area contributed by atoms with Crippen LogP contribution in [0.3, 0.4) is 0 Å². The highest BCUT2D eigenvalue weighted by atomic mass is 16.3. The summed E-state index contributed by atoms with van der Waals surface area (Å²) in [5.74, 6) is 0. The molecule has 0 amide bonds. The number of hydrogen-bond acceptors (Lipinski definition) is 1. The van der Waals surface area contributed by atoms with Gasteiger partial charge in [0.1, 0.15) is 0 Å². The third-order valence-corrected chi connectivity index (χ3v) is 5.19. The molecule has 0 fully saturated rings. The van der Waals surface area contributed by atoms with Gasteiger partial charge in [-0.3, -0.25) is 0 Å². The van der Waals surface area contributed by atoms with Gasteiger partial charge in [0.25, 0.3) is 0 Å². The standard InChI is InChI=1S/C26H22O/c27-20-21-16-18-25(19-17-21)26(22-10-4-1-5-11-22,23-12-6-2-7-13-23)24-14-8-3-9-15-24/h1-19,27H,20H2. The lowest BCUT2D eigenvalue weighted by Crippen LogP contribution is -2.30. The summed E-state index contributed by atoms with van der Waals surface area (Å²) in [5, 5.41) is 9.48. The molecule has 0 atom stereocenters. The molecule has 0 heterocycles. The predicted molar refractivity (Wildman–Crippen MR) is 111 cm³/mol. The highest BCUT2D eigenvalue weighted by molar-refractivity contribution is 5.59. The second-order valence-electron chi connectivity index (χ2n) is 6.70. The lowest BCUT2D eigenvalue weighted by atomic mass is 9.65. The van der Waals surface area contributed by atoms with Crippen molar-refractivity contribution >= 4 is 0 Å². The summed E-state index contributed by atoms with van der Waals surface area (Å²) in [4.78, 5) is 0. The summed E-state index contributed by atoms with van der Waals surface area (Å²) < 4.78 is 0. The Bertz CT molecular complexity index is 878. The zero-order chi connectivity index (χ0) is 18.5. The number of benzene rings is 4. The van der Waals surface area contributed by atoms with Gasteiger partial charge in [0, 0.05) is 0 Å². The minimum absolute atomic E-state index is 0.0509. The van der Waals surface area contributed by atoms with E-state index in [1.165, 1.54) is 22.3 Å². The van der Waals surface area contributed by atoms with Gasteiger partial charge in [0.2, 0.25) is 0 Å². The normalized spacial score (nSPS) is 11.3. The number of rotatable bonds is 5. The first-order valence-electron chi connectivity index (χ1n) is 9.22. The summed E-state index contributed by atoms with van der Waals surface area (Å²) in [7, 11) is 0. The van der Waals surface area contributed by atoms with Crippen molar-refractivity contribution in [2.75, 3.05) is 0 Å². The van der Waals surface area contributed by atoms with Gasteiger partial charge in [-0.15, -0.1) is 0 Å². The van der Waals surface area contributed by atoms with Crippen molar-refractivity contribution in [1.82, 2.24) is 0 Å². The number of aliphatic hydroxyl groups excluding tert-OH is 1. The van der Waals surface area contributed by atoms with Gasteiger partial charge in [0.15, 0.2) is 0 Å². The van der Waals surface area contributed by atoms with Gasteiger partial charge >= 0.3 is 0 Å². The quantitative estimate of drug-likeness (QED) is 0.467. The average molecular weight is 350 g/mol. The predicted octanol–water partition coefficient (Wildman–Crippen LogP) is 5.56. The molecular formula is C26H22O. The molecule has 1 N–H and O–H groups in total. The Kier molecular flexibility index (Phi) is 4.86. The van der Waals surface area contributed by atoms with Gasteiger partial charge < -0.3 is 5.11 Å². The van der Waals surface area contributed by atoms with Crippen molar-refractivity contribution in [2.45, 2.75) is 12.0 Å². The molecule has 0 aliphatic heterocycles. The highest BCUT2D eigenvalue weighted by Gasteiger charge is 2.37. The van der Waals surface area contributed by atoms with E-state index in [1.807, 2.05) is 12.1 Å². The van der Waals surface area contributed by atoms with Gasteiger partial charge in [0.05, 0.1) is 12.0 Å². The lowest BCUT2D eigenvalue weighted by Gasteiger charge is -2.37. The lowest BCUT2D eigenvalue weighted by molar-refractivity contribution is 0.282. The van der Waals surface area contributed by atoms with Crippen LogP contribution in [0.1, 0.15) is 27.8 Å². The van der Waals surface area contributed by atoms with E-state index in [0.29, 0.717) is 0 Å². The second-order valence-corrected chi connectivity index (χ2v) is 6.70. The van der Waals surface area contributed by atoms with Crippen LogP contribution < -0.4 is 0 Å². The average Bonchev–Trinajstić information content (AvgIpc) is 2.77. The molecule has 132 valence electrons. The minimum atomic E-state index is -0.419. The highest BCUT2D eigenvalue weighted by Crippen LogP contribution is 2.44. The van der Waals surface area contributed by atoms with E-state index in [9.17, 15) is 5.11 Å². The molecule has 0 bridgehead atoms. The molecule has 0 aromatic heterocycles. The van der Waals surface area contributed by atoms with Gasteiger partial charge in [-0.1, -0.05) is 115 Å². The van der Waals surface area contributed by atoms with Crippen LogP contribution in [0.2, 0.25) is 0 Å². The van der Waals surface area contributed by atoms with E-state index >= 15 is 0 Å². The number of hydrogen-bond donors (Lipinski definition) is 1. The molecule has 1 heteroatoms. The molecular weight excluding hydrogens is 328 g/mol. The fourth-order valence-electron chi connectivity index (χ4n) is 3.92. The zero-order valence-electron chi connectivity index (χ0n) is 15.1. The first kappa shape index (κ1) is 17.3. The van der Waals surface area contributed by atoms with Crippen LogP contribution in [0.15, 0.2) is 115 Å². The van der Waals surface area contributed by atoms with E-state index in [1.54, 1.807) is 0 Å². The van der Waals surface area contributed by atoms with Crippen molar-refractivity contribution in [2.24, 2.45) is 0 Å². The van der Waals surface area contributed by atoms with Crippen LogP contribution >= 0.6 is 0 Å². The molecule has 0 saturated heterocycles. The van der Waals surface area contributed by atoms with Gasteiger partial charge in [-0.25, -0.2) is 0 Å². The van der Waals surface area contributed by atoms with Gasteiger partial charge in [-0.2, -0.15) is 0 Å². The van der Waals surface area contributed by atoms with Gasteiger partial charge in [-0.05, 0) is 27.8 Å². The molecule has 0 aliphatic carbocycles. The first-order valence-corrected chi connectivity index (χ1v) is 9.22. The Morgan fingerprint density at radius 3 is 1.11 bits per heavy atom. The molecule has 27 heavy (non-hydrogen) atoms. The fraction of sp³-hybridized carbons (Fsp3) is 0.0769. The monoisotopic (exact) mass is 350 g/mol. The summed E-state index contributed by atoms with van der Waals surface area (Å²) >= 11 is 0. The zero-order valence-corrected chi connectivity index (χ0v) is 15.1. The molecule has 0 spiro atoms. The van der Waals surface area contributed by atoms with E-state index < -0.39 is 5.41 Å². The van der Waals surface area contributed by atoms with Crippen LogP contribution in [-0.2, 0) is 12.0 Å². The third kappa shape index (κ3) is 3.07. The van der Waals surface area contributed by atoms with Crippen molar-refractivity contribution in [3.8, 4) is 0 Å². The topological polar surface area (TPSA) is 20.2 Å². The van der Waals surface area contributed by atoms with E-state index in [4.69, 9.17) is 0 Å². The van der Waals surface area contributed by atoms with Crippen molar-refractivity contribution < 1.29 is 5.11 Å². The number of aliphatic hydroxyl groups is 1. The molecule has 0 saturated carbocycles. The minimum Gasteiger partial charge on any atom is -0.392 e. The van der Waals surface area contributed by atoms with Crippen LogP contribution in [0.4, 0.5) is 0 Å². The summed E-state index contributed by atoms with van der Waals surface area (Å²) in [6.45, 7) is 0.0509. The Morgan fingerprint density at radius 2 is 0.778 bits per heavy atom. The maximum atomic E-state index is 9.48. The van der Waals surface area contributed by atoms with E-state index in [2.05, 4.69) is 103 Å². The van der Waals surface area contributed by atoms with Crippen molar-refractivity contribution in [3.05, 3.63) is 143 Å². The Morgan fingerprint density at radius 1 is 0.444 bits per heavy atom. The smallest absolute Gasteiger partial charge is 0.0701 e. The summed E-state index contributed by atoms with van der Waals surface area (Å²) in [6.07, 6.45) is 0. The molecule has 0 aliphatic rings. The Balaban J connectivity index is 2.09.